The zero-order valence-electron chi connectivity index (χ0n) is 17.7. The molecule has 0 N–H and O–H groups in total. The molecule has 0 aliphatic carbocycles. The van der Waals surface area contributed by atoms with E-state index in [4.69, 9.17) is 14.5 Å². The Kier molecular flexibility index (Phi) is 6.73. The van der Waals surface area contributed by atoms with Crippen molar-refractivity contribution in [1.82, 2.24) is 9.55 Å². The number of nitrogens with zero attached hydrogens (tertiary/aromatic N) is 2. The van der Waals surface area contributed by atoms with Crippen LogP contribution in [0.15, 0.2) is 77.3 Å². The summed E-state index contributed by atoms with van der Waals surface area (Å²) in [6.45, 7) is 3.39. The number of halogens is 1. The Morgan fingerprint density at radius 3 is 2.68 bits per heavy atom. The lowest BCUT2D eigenvalue weighted by Gasteiger charge is -2.13. The number of benzene rings is 3. The molecule has 0 radical (unpaired) electrons. The molecule has 31 heavy (non-hydrogen) atoms. The summed E-state index contributed by atoms with van der Waals surface area (Å²) in [6.07, 6.45) is 4.90. The zero-order valence-corrected chi connectivity index (χ0v) is 19.3. The van der Waals surface area contributed by atoms with Gasteiger partial charge in [0.05, 0.1) is 24.8 Å². The second-order valence-corrected chi connectivity index (χ2v) is 8.11. The third-order valence-electron chi connectivity index (χ3n) is 5.07. The molecule has 3 aromatic carbocycles. The molecule has 0 aliphatic heterocycles. The van der Waals surface area contributed by atoms with E-state index in [0.29, 0.717) is 6.61 Å². The summed E-state index contributed by atoms with van der Waals surface area (Å²) in [5.74, 6) is 2.48. The molecule has 0 unspecified atom stereocenters. The van der Waals surface area contributed by atoms with Crippen LogP contribution in [0.2, 0.25) is 0 Å². The molecule has 0 aliphatic rings. The van der Waals surface area contributed by atoms with Crippen LogP contribution in [-0.2, 0) is 6.54 Å². The van der Waals surface area contributed by atoms with Crippen LogP contribution >= 0.6 is 15.9 Å². The van der Waals surface area contributed by atoms with Gasteiger partial charge in [0.15, 0.2) is 11.5 Å². The Labute approximate surface area is 191 Å². The van der Waals surface area contributed by atoms with E-state index in [1.54, 1.807) is 7.11 Å². The molecule has 0 saturated carbocycles. The van der Waals surface area contributed by atoms with Crippen LogP contribution < -0.4 is 9.47 Å². The lowest BCUT2D eigenvalue weighted by Crippen LogP contribution is -2.06. The minimum absolute atomic E-state index is 0.587. The number of aryl methyl sites for hydroxylation is 1. The van der Waals surface area contributed by atoms with E-state index in [0.717, 1.165) is 56.9 Å². The Morgan fingerprint density at radius 2 is 1.87 bits per heavy atom. The molecule has 4 rings (SSSR count). The normalized spacial score (nSPS) is 11.3. The van der Waals surface area contributed by atoms with Gasteiger partial charge in [0.25, 0.3) is 0 Å². The Balaban J connectivity index is 1.51. The number of hydrogen-bond donors (Lipinski definition) is 0. The van der Waals surface area contributed by atoms with Gasteiger partial charge in [-0.15, -0.1) is 0 Å². The maximum Gasteiger partial charge on any atom is 0.161 e. The summed E-state index contributed by atoms with van der Waals surface area (Å²) in [4.78, 5) is 4.89. The van der Waals surface area contributed by atoms with Crippen LogP contribution in [0.4, 0.5) is 0 Å². The second-order valence-electron chi connectivity index (χ2n) is 7.20. The number of imidazole rings is 1. The first-order valence-electron chi connectivity index (χ1n) is 10.3. The fourth-order valence-corrected chi connectivity index (χ4v) is 4.05. The molecule has 1 heterocycles. The van der Waals surface area contributed by atoms with E-state index >= 15 is 0 Å². The van der Waals surface area contributed by atoms with Gasteiger partial charge in [-0.2, -0.15) is 0 Å². The van der Waals surface area contributed by atoms with Gasteiger partial charge in [-0.3, -0.25) is 0 Å². The highest BCUT2D eigenvalue weighted by Gasteiger charge is 2.13. The van der Waals surface area contributed by atoms with Gasteiger partial charge < -0.3 is 14.0 Å². The van der Waals surface area contributed by atoms with Crippen LogP contribution in [0.5, 0.6) is 11.5 Å². The topological polar surface area (TPSA) is 36.3 Å². The van der Waals surface area contributed by atoms with Gasteiger partial charge in [0, 0.05) is 16.6 Å². The lowest BCUT2D eigenvalue weighted by atomic mass is 10.2. The molecule has 0 amide bonds. The van der Waals surface area contributed by atoms with Crippen molar-refractivity contribution >= 4 is 33.0 Å². The first-order valence-corrected chi connectivity index (χ1v) is 11.1. The Hall–Kier alpha value is -3.05. The summed E-state index contributed by atoms with van der Waals surface area (Å²) in [6, 6.07) is 22.5. The molecule has 4 aromatic rings. The molecular formula is C26H25BrN2O2. The average molecular weight is 477 g/mol. The predicted molar refractivity (Wildman–Crippen MR) is 131 cm³/mol. The van der Waals surface area contributed by atoms with Crippen molar-refractivity contribution in [2.45, 2.75) is 19.9 Å². The van der Waals surface area contributed by atoms with Gasteiger partial charge in [-0.05, 0) is 55.3 Å². The number of methoxy groups -OCH3 is 1. The number of rotatable bonds is 8. The van der Waals surface area contributed by atoms with E-state index in [9.17, 15) is 0 Å². The van der Waals surface area contributed by atoms with Gasteiger partial charge in [0.1, 0.15) is 5.82 Å². The van der Waals surface area contributed by atoms with Crippen molar-refractivity contribution in [2.24, 2.45) is 0 Å². The highest BCUT2D eigenvalue weighted by atomic mass is 79.9. The van der Waals surface area contributed by atoms with Crippen LogP contribution in [-0.4, -0.2) is 23.3 Å². The maximum atomic E-state index is 6.05. The Bertz CT molecular complexity index is 1210. The fraction of sp³-hybridized carbons (Fsp3) is 0.192. The van der Waals surface area contributed by atoms with Crippen molar-refractivity contribution in [3.05, 3.63) is 82.8 Å². The molecule has 0 bridgehead atoms. The van der Waals surface area contributed by atoms with Crippen molar-refractivity contribution in [3.8, 4) is 22.9 Å². The number of allylic oxidation sites excluding steroid dienone is 1. The largest absolute Gasteiger partial charge is 0.493 e. The van der Waals surface area contributed by atoms with E-state index in [2.05, 4.69) is 50.8 Å². The molecule has 0 atom stereocenters. The lowest BCUT2D eigenvalue weighted by molar-refractivity contribution is 0.283. The summed E-state index contributed by atoms with van der Waals surface area (Å²) in [7, 11) is 1.67. The minimum Gasteiger partial charge on any atom is -0.493 e. The molecule has 4 nitrogen and oxygen atoms in total. The highest BCUT2D eigenvalue weighted by Crippen LogP contribution is 2.30. The average Bonchev–Trinajstić information content (AvgIpc) is 3.16. The van der Waals surface area contributed by atoms with E-state index in [-0.39, 0.29) is 0 Å². The molecule has 0 spiro atoms. The first kappa shape index (κ1) is 21.2. The SMILES string of the molecule is C/C=C/c1ccc(OCCCn2c(-c3cccc(Br)c3)nc3ccccc32)c(OC)c1. The number of aromatic nitrogens is 2. The summed E-state index contributed by atoms with van der Waals surface area (Å²) >= 11 is 3.57. The number of para-hydroxylation sites is 2. The molecule has 158 valence electrons. The third kappa shape index (κ3) is 4.83. The standard InChI is InChI=1S/C26H25BrN2O2/c1-3-8-19-13-14-24(25(17-19)30-2)31-16-7-15-29-23-12-5-4-11-22(23)28-26(29)20-9-6-10-21(27)18-20/h3-6,8-14,17-18H,7,15-16H2,1-2H3/b8-3+. The van der Waals surface area contributed by atoms with Crippen LogP contribution in [0.3, 0.4) is 0 Å². The van der Waals surface area contributed by atoms with E-state index < -0.39 is 0 Å². The predicted octanol–water partition coefficient (Wildman–Crippen LogP) is 6.98. The summed E-state index contributed by atoms with van der Waals surface area (Å²) in [5, 5.41) is 0. The monoisotopic (exact) mass is 476 g/mol. The van der Waals surface area contributed by atoms with Gasteiger partial charge in [0.2, 0.25) is 0 Å². The molecule has 0 fully saturated rings. The second kappa shape index (κ2) is 9.84. The van der Waals surface area contributed by atoms with Crippen LogP contribution in [0, 0.1) is 0 Å². The van der Waals surface area contributed by atoms with Crippen LogP contribution in [0.1, 0.15) is 18.9 Å². The van der Waals surface area contributed by atoms with Gasteiger partial charge in [-0.1, -0.05) is 58.4 Å². The number of ether oxygens (including phenoxy) is 2. The first-order chi connectivity index (χ1) is 15.2. The number of fused-ring (bicyclic) bond motifs is 1. The smallest absolute Gasteiger partial charge is 0.161 e. The zero-order chi connectivity index (χ0) is 21.6. The van der Waals surface area contributed by atoms with Gasteiger partial charge in [-0.25, -0.2) is 4.98 Å². The van der Waals surface area contributed by atoms with Crippen molar-refractivity contribution in [3.63, 3.8) is 0 Å². The minimum atomic E-state index is 0.587. The van der Waals surface area contributed by atoms with Crippen molar-refractivity contribution in [2.75, 3.05) is 13.7 Å². The molecule has 1 aromatic heterocycles. The summed E-state index contributed by atoms with van der Waals surface area (Å²) < 4.78 is 14.9. The number of hydrogen-bond acceptors (Lipinski definition) is 3. The quantitative estimate of drug-likeness (QED) is 0.257. The molecule has 5 heteroatoms. The van der Waals surface area contributed by atoms with Gasteiger partial charge >= 0.3 is 0 Å². The van der Waals surface area contributed by atoms with Crippen molar-refractivity contribution < 1.29 is 9.47 Å². The third-order valence-corrected chi connectivity index (χ3v) is 5.56. The summed E-state index contributed by atoms with van der Waals surface area (Å²) in [5.41, 5.74) is 4.31. The highest BCUT2D eigenvalue weighted by molar-refractivity contribution is 9.10. The molecular weight excluding hydrogens is 452 g/mol. The van der Waals surface area contributed by atoms with E-state index in [1.165, 1.54) is 0 Å². The maximum absolute atomic E-state index is 6.05. The van der Waals surface area contributed by atoms with Crippen LogP contribution in [0.25, 0.3) is 28.5 Å². The van der Waals surface area contributed by atoms with E-state index in [1.807, 2.05) is 55.5 Å². The fourth-order valence-electron chi connectivity index (χ4n) is 3.65. The molecule has 0 saturated heterocycles. The Morgan fingerprint density at radius 1 is 1.00 bits per heavy atom. The van der Waals surface area contributed by atoms with Crippen molar-refractivity contribution in [1.29, 1.82) is 0 Å².